The maximum absolute atomic E-state index is 13.6. The van der Waals surface area contributed by atoms with Crippen molar-refractivity contribution in [2.45, 2.75) is 23.9 Å². The van der Waals surface area contributed by atoms with Crippen molar-refractivity contribution in [3.63, 3.8) is 0 Å². The molecule has 10 nitrogen and oxygen atoms in total. The van der Waals surface area contributed by atoms with Crippen LogP contribution >= 0.6 is 46.3 Å². The number of ether oxygens (including phenoxy) is 2. The largest absolute Gasteiger partial charge is 0.488 e. The van der Waals surface area contributed by atoms with Crippen LogP contribution in [0.1, 0.15) is 24.1 Å². The van der Waals surface area contributed by atoms with Gasteiger partial charge in [-0.3, -0.25) is 0 Å². The first-order valence-corrected chi connectivity index (χ1v) is 15.7. The Morgan fingerprint density at radius 1 is 1.05 bits per heavy atom. The van der Waals surface area contributed by atoms with Crippen LogP contribution in [0.5, 0.6) is 5.75 Å². The lowest BCUT2D eigenvalue weighted by molar-refractivity contribution is -0.139. The maximum atomic E-state index is 13.6. The number of para-hydroxylation sites is 1. The number of halogens is 2. The molecular formula is C29H23Cl2N7O3S2. The number of benzene rings is 3. The zero-order valence-corrected chi connectivity index (χ0v) is 25.8. The molecule has 0 aliphatic carbocycles. The van der Waals surface area contributed by atoms with E-state index in [0.29, 0.717) is 44.3 Å². The van der Waals surface area contributed by atoms with E-state index in [2.05, 4.69) is 31.0 Å². The Balaban J connectivity index is 1.34. The SMILES string of the molecule is CCOC(=O)C1=C(CSc2nnc(-c3ccccc3)s2)Nc2nnnn2C1c1ccccc1OCc1ccc(Cl)cc1Cl. The van der Waals surface area contributed by atoms with Crippen LogP contribution in [0, 0.1) is 0 Å². The molecule has 0 amide bonds. The molecule has 0 saturated heterocycles. The van der Waals surface area contributed by atoms with Crippen LogP contribution < -0.4 is 10.1 Å². The summed E-state index contributed by atoms with van der Waals surface area (Å²) < 4.78 is 14.1. The zero-order valence-electron chi connectivity index (χ0n) is 22.6. The minimum absolute atomic E-state index is 0.183. The number of thioether (sulfide) groups is 1. The molecule has 218 valence electrons. The number of nitrogens with zero attached hydrogens (tertiary/aromatic N) is 6. The van der Waals surface area contributed by atoms with Gasteiger partial charge in [0, 0.05) is 38.2 Å². The Hall–Kier alpha value is -3.97. The summed E-state index contributed by atoms with van der Waals surface area (Å²) in [5.74, 6) is 0.790. The van der Waals surface area contributed by atoms with E-state index in [0.717, 1.165) is 20.5 Å². The summed E-state index contributed by atoms with van der Waals surface area (Å²) in [4.78, 5) is 13.6. The number of tetrazole rings is 1. The molecule has 1 unspecified atom stereocenters. The molecule has 0 radical (unpaired) electrons. The van der Waals surface area contributed by atoms with Crippen molar-refractivity contribution in [1.82, 2.24) is 30.4 Å². The third kappa shape index (κ3) is 6.37. The second-order valence-corrected chi connectivity index (χ2v) is 12.2. The molecule has 3 heterocycles. The number of rotatable bonds is 10. The first-order chi connectivity index (χ1) is 21.0. The van der Waals surface area contributed by atoms with Gasteiger partial charge in [0.25, 0.3) is 0 Å². The minimum atomic E-state index is -0.730. The van der Waals surface area contributed by atoms with Crippen LogP contribution in [0.15, 0.2) is 88.4 Å². The highest BCUT2D eigenvalue weighted by Crippen LogP contribution is 2.41. The van der Waals surface area contributed by atoms with Gasteiger partial charge in [-0.1, -0.05) is 106 Å². The van der Waals surface area contributed by atoms with E-state index >= 15 is 0 Å². The first kappa shape index (κ1) is 29.1. The lowest BCUT2D eigenvalue weighted by atomic mass is 9.95. The van der Waals surface area contributed by atoms with Crippen LogP contribution in [0.2, 0.25) is 10.0 Å². The number of hydrogen-bond acceptors (Lipinski definition) is 11. The second-order valence-electron chi connectivity index (χ2n) is 9.18. The third-order valence-corrected chi connectivity index (χ3v) is 9.19. The molecule has 1 aliphatic heterocycles. The number of fused-ring (bicyclic) bond motifs is 1. The molecule has 1 N–H and O–H groups in total. The summed E-state index contributed by atoms with van der Waals surface area (Å²) in [7, 11) is 0. The van der Waals surface area contributed by atoms with E-state index < -0.39 is 12.0 Å². The molecular weight excluding hydrogens is 629 g/mol. The highest BCUT2D eigenvalue weighted by molar-refractivity contribution is 8.01. The minimum Gasteiger partial charge on any atom is -0.488 e. The van der Waals surface area contributed by atoms with Gasteiger partial charge >= 0.3 is 5.97 Å². The quantitative estimate of drug-likeness (QED) is 0.129. The summed E-state index contributed by atoms with van der Waals surface area (Å²) in [6.45, 7) is 2.14. The van der Waals surface area contributed by atoms with Gasteiger partial charge in [-0.05, 0) is 35.5 Å². The smallest absolute Gasteiger partial charge is 0.338 e. The molecule has 14 heteroatoms. The van der Waals surface area contributed by atoms with Gasteiger partial charge in [-0.15, -0.1) is 10.2 Å². The van der Waals surface area contributed by atoms with Crippen molar-refractivity contribution in [2.75, 3.05) is 17.7 Å². The standard InChI is InChI=1S/C29H23Cl2N7O3S2/c1-2-40-27(39)24-22(16-42-29-35-33-26(43-29)17-8-4-3-5-9-17)32-28-34-36-37-38(28)25(24)20-10-6-7-11-23(20)41-15-18-12-13-19(30)14-21(18)31/h3-14,25H,2,15-16H2,1H3,(H,32,34,37). The number of hydrogen-bond donors (Lipinski definition) is 1. The monoisotopic (exact) mass is 651 g/mol. The van der Waals surface area contributed by atoms with Crippen molar-refractivity contribution in [1.29, 1.82) is 0 Å². The molecule has 1 aliphatic rings. The van der Waals surface area contributed by atoms with Gasteiger partial charge in [0.2, 0.25) is 5.95 Å². The lowest BCUT2D eigenvalue weighted by Gasteiger charge is -2.29. The van der Waals surface area contributed by atoms with E-state index in [9.17, 15) is 4.79 Å². The Labute approximate surface area is 265 Å². The Morgan fingerprint density at radius 2 is 1.86 bits per heavy atom. The van der Waals surface area contributed by atoms with Crippen LogP contribution in [0.4, 0.5) is 5.95 Å². The normalized spacial score (nSPS) is 14.3. The van der Waals surface area contributed by atoms with Crippen molar-refractivity contribution in [2.24, 2.45) is 0 Å². The maximum Gasteiger partial charge on any atom is 0.338 e. The highest BCUT2D eigenvalue weighted by Gasteiger charge is 2.38. The van der Waals surface area contributed by atoms with E-state index in [1.165, 1.54) is 23.1 Å². The van der Waals surface area contributed by atoms with Crippen molar-refractivity contribution >= 4 is 58.2 Å². The molecule has 0 fully saturated rings. The molecule has 43 heavy (non-hydrogen) atoms. The van der Waals surface area contributed by atoms with Gasteiger partial charge in [0.15, 0.2) is 4.34 Å². The molecule has 3 aromatic carbocycles. The lowest BCUT2D eigenvalue weighted by Crippen LogP contribution is -2.31. The van der Waals surface area contributed by atoms with Gasteiger partial charge in [-0.2, -0.15) is 4.68 Å². The summed E-state index contributed by atoms with van der Waals surface area (Å²) in [6, 6.07) is 21.8. The van der Waals surface area contributed by atoms with E-state index in [-0.39, 0.29) is 13.2 Å². The number of carbonyl (C=O) groups is 1. The number of nitrogens with one attached hydrogen (secondary N) is 1. The average molecular weight is 653 g/mol. The molecule has 0 bridgehead atoms. The summed E-state index contributed by atoms with van der Waals surface area (Å²) in [6.07, 6.45) is 0. The van der Waals surface area contributed by atoms with Crippen LogP contribution in [0.3, 0.4) is 0 Å². The molecule has 5 aromatic rings. The van der Waals surface area contributed by atoms with E-state index in [4.69, 9.17) is 32.7 Å². The molecule has 6 rings (SSSR count). The van der Waals surface area contributed by atoms with Crippen LogP contribution in [-0.2, 0) is 16.1 Å². The summed E-state index contributed by atoms with van der Waals surface area (Å²) >= 11 is 15.4. The number of aromatic nitrogens is 6. The fourth-order valence-electron chi connectivity index (χ4n) is 4.52. The van der Waals surface area contributed by atoms with Crippen molar-refractivity contribution in [3.05, 3.63) is 105 Å². The Bertz CT molecular complexity index is 1800. The molecule has 2 aromatic heterocycles. The van der Waals surface area contributed by atoms with Gasteiger partial charge in [0.05, 0.1) is 12.2 Å². The zero-order chi connectivity index (χ0) is 29.8. The number of anilines is 1. The fourth-order valence-corrected chi connectivity index (χ4v) is 6.80. The fraction of sp³-hybridized carbons (Fsp3) is 0.172. The predicted octanol–water partition coefficient (Wildman–Crippen LogP) is 6.70. The van der Waals surface area contributed by atoms with E-state index in [1.54, 1.807) is 23.7 Å². The summed E-state index contributed by atoms with van der Waals surface area (Å²) in [5.41, 5.74) is 3.39. The topological polar surface area (TPSA) is 117 Å². The third-order valence-electron chi connectivity index (χ3n) is 6.47. The summed E-state index contributed by atoms with van der Waals surface area (Å²) in [5, 5.41) is 26.0. The Kier molecular flexibility index (Phi) is 8.89. The highest BCUT2D eigenvalue weighted by atomic mass is 35.5. The van der Waals surface area contributed by atoms with Gasteiger partial charge in [-0.25, -0.2) is 4.79 Å². The van der Waals surface area contributed by atoms with Gasteiger partial charge in [0.1, 0.15) is 23.4 Å². The second kappa shape index (κ2) is 13.1. The molecule has 0 saturated carbocycles. The average Bonchev–Trinajstić information content (AvgIpc) is 3.69. The van der Waals surface area contributed by atoms with Crippen LogP contribution in [0.25, 0.3) is 10.6 Å². The first-order valence-electron chi connectivity index (χ1n) is 13.1. The van der Waals surface area contributed by atoms with Crippen LogP contribution in [-0.4, -0.2) is 48.7 Å². The Morgan fingerprint density at radius 3 is 2.67 bits per heavy atom. The van der Waals surface area contributed by atoms with Crippen molar-refractivity contribution < 1.29 is 14.3 Å². The van der Waals surface area contributed by atoms with Crippen molar-refractivity contribution in [3.8, 4) is 16.3 Å². The number of esters is 1. The van der Waals surface area contributed by atoms with Gasteiger partial charge < -0.3 is 14.8 Å². The van der Waals surface area contributed by atoms with E-state index in [1.807, 2.05) is 60.7 Å². The molecule has 0 spiro atoms. The molecule has 1 atom stereocenters. The number of carbonyl (C=O) groups excluding carboxylic acids is 1. The predicted molar refractivity (Wildman–Crippen MR) is 167 cm³/mol.